The van der Waals surface area contributed by atoms with Crippen LogP contribution in [0.15, 0.2) is 24.3 Å². The third kappa shape index (κ3) is 2.98. The van der Waals surface area contributed by atoms with E-state index in [2.05, 4.69) is 5.32 Å². The van der Waals surface area contributed by atoms with Crippen molar-refractivity contribution < 1.29 is 19.2 Å². The molecule has 1 fully saturated rings. The number of amides is 4. The van der Waals surface area contributed by atoms with Crippen molar-refractivity contribution in [1.82, 2.24) is 4.90 Å². The second-order valence-electron chi connectivity index (χ2n) is 3.90. The molecule has 19 heavy (non-hydrogen) atoms. The normalized spacial score (nSPS) is 14.7. The van der Waals surface area contributed by atoms with Gasteiger partial charge in [0.2, 0.25) is 11.8 Å². The molecule has 1 aromatic rings. The van der Waals surface area contributed by atoms with E-state index in [4.69, 9.17) is 0 Å². The number of anilines is 1. The summed E-state index contributed by atoms with van der Waals surface area (Å²) >= 11 is 1.59. The van der Waals surface area contributed by atoms with Crippen molar-refractivity contribution in [1.29, 1.82) is 0 Å². The van der Waals surface area contributed by atoms with Gasteiger partial charge in [0.05, 0.1) is 0 Å². The summed E-state index contributed by atoms with van der Waals surface area (Å²) in [6, 6.07) is 6.00. The molecular weight excluding hydrogens is 363 g/mol. The van der Waals surface area contributed by atoms with Crippen molar-refractivity contribution >= 4 is 49.9 Å². The van der Waals surface area contributed by atoms with Crippen molar-refractivity contribution in [2.75, 3.05) is 5.32 Å². The fourth-order valence-electron chi connectivity index (χ4n) is 1.74. The monoisotopic (exact) mass is 372 g/mol. The number of hydrogen-bond donors (Lipinski definition) is 1. The van der Waals surface area contributed by atoms with Crippen LogP contribution in [0.4, 0.5) is 10.5 Å². The van der Waals surface area contributed by atoms with Crippen molar-refractivity contribution in [2.45, 2.75) is 12.8 Å². The molecule has 0 radical (unpaired) electrons. The van der Waals surface area contributed by atoms with Gasteiger partial charge in [0, 0.05) is 46.7 Å². The van der Waals surface area contributed by atoms with Crippen LogP contribution in [-0.4, -0.2) is 26.5 Å². The number of likely N-dealkylation sites (tertiary alicyclic amines) is 1. The molecule has 1 aliphatic rings. The van der Waals surface area contributed by atoms with E-state index in [1.165, 1.54) is 24.3 Å². The summed E-state index contributed by atoms with van der Waals surface area (Å²) in [5.74, 6) is -1.57. The number of carbonyl (C=O) groups is 4. The highest BCUT2D eigenvalue weighted by atomic mass is 127. The fourth-order valence-corrected chi connectivity index (χ4v) is 2.05. The Morgan fingerprint density at radius 2 is 1.58 bits per heavy atom. The Labute approximate surface area is 122 Å². The first-order valence-electron chi connectivity index (χ1n) is 5.45. The SMILES string of the molecule is O=C(I)Nc1ccc(C(=O)N2C(=O)CCC2=O)cc1. The molecule has 0 atom stereocenters. The van der Waals surface area contributed by atoms with Crippen LogP contribution in [0.1, 0.15) is 23.2 Å². The van der Waals surface area contributed by atoms with E-state index in [0.29, 0.717) is 10.6 Å². The Balaban J connectivity index is 2.18. The van der Waals surface area contributed by atoms with Gasteiger partial charge in [-0.05, 0) is 24.3 Å². The maximum Gasteiger partial charge on any atom is 0.284 e. The second kappa shape index (κ2) is 5.47. The van der Waals surface area contributed by atoms with Crippen LogP contribution in [0.2, 0.25) is 0 Å². The minimum atomic E-state index is -0.625. The van der Waals surface area contributed by atoms with Gasteiger partial charge in [-0.3, -0.25) is 19.2 Å². The van der Waals surface area contributed by atoms with Crippen molar-refractivity contribution in [2.24, 2.45) is 0 Å². The third-order valence-electron chi connectivity index (χ3n) is 2.63. The van der Waals surface area contributed by atoms with Gasteiger partial charge in [-0.2, -0.15) is 0 Å². The van der Waals surface area contributed by atoms with Crippen LogP contribution >= 0.6 is 22.6 Å². The largest absolute Gasteiger partial charge is 0.317 e. The molecule has 0 unspecified atom stereocenters. The summed E-state index contributed by atoms with van der Waals surface area (Å²) in [4.78, 5) is 46.4. The first-order valence-corrected chi connectivity index (χ1v) is 6.53. The molecule has 1 saturated heterocycles. The lowest BCUT2D eigenvalue weighted by molar-refractivity contribution is -0.134. The maximum atomic E-state index is 12.0. The number of halogens is 1. The van der Waals surface area contributed by atoms with Gasteiger partial charge in [-0.25, -0.2) is 4.90 Å². The molecule has 1 heterocycles. The van der Waals surface area contributed by atoms with Crippen molar-refractivity contribution in [3.63, 3.8) is 0 Å². The van der Waals surface area contributed by atoms with Crippen LogP contribution in [-0.2, 0) is 9.59 Å². The Morgan fingerprint density at radius 3 is 2.05 bits per heavy atom. The zero-order chi connectivity index (χ0) is 14.0. The summed E-state index contributed by atoms with van der Waals surface area (Å²) < 4.78 is -0.249. The average Bonchev–Trinajstić information content (AvgIpc) is 2.68. The smallest absolute Gasteiger partial charge is 0.284 e. The van der Waals surface area contributed by atoms with Gasteiger partial charge in [0.1, 0.15) is 0 Å². The predicted octanol–water partition coefficient (Wildman–Crippen LogP) is 1.94. The maximum absolute atomic E-state index is 12.0. The zero-order valence-corrected chi connectivity index (χ0v) is 11.8. The number of nitrogens with one attached hydrogen (secondary N) is 1. The van der Waals surface area contributed by atoms with E-state index in [1.807, 2.05) is 0 Å². The quantitative estimate of drug-likeness (QED) is 0.372. The molecule has 1 N–H and O–H groups in total. The molecule has 1 aromatic carbocycles. The molecule has 6 nitrogen and oxygen atoms in total. The standard InChI is InChI=1S/C12H9IN2O4/c13-12(19)14-8-3-1-7(2-4-8)11(18)15-9(16)5-6-10(15)17/h1-4H,5-6H2,(H,14,19). The summed E-state index contributed by atoms with van der Waals surface area (Å²) in [7, 11) is 0. The van der Waals surface area contributed by atoms with Crippen LogP contribution < -0.4 is 5.32 Å². The highest BCUT2D eigenvalue weighted by molar-refractivity contribution is 14.1. The molecule has 0 spiro atoms. The Kier molecular flexibility index (Phi) is 3.93. The highest BCUT2D eigenvalue weighted by Gasteiger charge is 2.34. The predicted molar refractivity (Wildman–Crippen MR) is 74.9 cm³/mol. The molecule has 98 valence electrons. The minimum Gasteiger partial charge on any atom is -0.317 e. The summed E-state index contributed by atoms with van der Waals surface area (Å²) in [6.07, 6.45) is 0.154. The third-order valence-corrected chi connectivity index (χ3v) is 2.90. The first-order chi connectivity index (χ1) is 8.99. The van der Waals surface area contributed by atoms with Gasteiger partial charge in [0.15, 0.2) is 0 Å². The Morgan fingerprint density at radius 1 is 1.05 bits per heavy atom. The van der Waals surface area contributed by atoms with Crippen LogP contribution in [0.5, 0.6) is 0 Å². The van der Waals surface area contributed by atoms with Gasteiger partial charge in [-0.1, -0.05) is 0 Å². The molecular formula is C12H9IN2O4. The zero-order valence-electron chi connectivity index (χ0n) is 9.68. The van der Waals surface area contributed by atoms with Gasteiger partial charge >= 0.3 is 0 Å². The minimum absolute atomic E-state index is 0.0769. The summed E-state index contributed by atoms with van der Waals surface area (Å²) in [5.41, 5.74) is 0.769. The first kappa shape index (κ1) is 13.7. The molecule has 4 amide bonds. The summed E-state index contributed by atoms with van der Waals surface area (Å²) in [5, 5.41) is 2.55. The van der Waals surface area contributed by atoms with E-state index in [-0.39, 0.29) is 22.3 Å². The van der Waals surface area contributed by atoms with Crippen molar-refractivity contribution in [3.05, 3.63) is 29.8 Å². The number of imide groups is 3. The lowest BCUT2D eigenvalue weighted by Gasteiger charge is -2.11. The van der Waals surface area contributed by atoms with E-state index in [1.54, 1.807) is 22.6 Å². The van der Waals surface area contributed by atoms with Gasteiger partial charge < -0.3 is 5.32 Å². The van der Waals surface area contributed by atoms with E-state index >= 15 is 0 Å². The number of rotatable bonds is 2. The molecule has 0 aliphatic carbocycles. The average molecular weight is 372 g/mol. The summed E-state index contributed by atoms with van der Waals surface area (Å²) in [6.45, 7) is 0. The van der Waals surface area contributed by atoms with Crippen LogP contribution in [0.25, 0.3) is 0 Å². The number of benzene rings is 1. The lowest BCUT2D eigenvalue weighted by atomic mass is 10.2. The van der Waals surface area contributed by atoms with Crippen LogP contribution in [0, 0.1) is 0 Å². The topological polar surface area (TPSA) is 83.6 Å². The number of carbonyl (C=O) groups excluding carboxylic acids is 4. The number of hydrogen-bond acceptors (Lipinski definition) is 4. The molecule has 2 rings (SSSR count). The number of nitrogens with zero attached hydrogens (tertiary/aromatic N) is 1. The highest BCUT2D eigenvalue weighted by Crippen LogP contribution is 2.17. The van der Waals surface area contributed by atoms with E-state index in [0.717, 1.165) is 0 Å². The van der Waals surface area contributed by atoms with Gasteiger partial charge in [-0.15, -0.1) is 0 Å². The Bertz CT molecular complexity index is 552. The van der Waals surface area contributed by atoms with E-state index < -0.39 is 17.7 Å². The van der Waals surface area contributed by atoms with Crippen molar-refractivity contribution in [3.8, 4) is 0 Å². The van der Waals surface area contributed by atoms with Crippen LogP contribution in [0.3, 0.4) is 0 Å². The Hall–Kier alpha value is -1.77. The molecule has 7 heteroatoms. The van der Waals surface area contributed by atoms with Gasteiger partial charge in [0.25, 0.3) is 9.82 Å². The molecule has 0 bridgehead atoms. The molecule has 0 aromatic heterocycles. The lowest BCUT2D eigenvalue weighted by Crippen LogP contribution is -2.35. The fraction of sp³-hybridized carbons (Fsp3) is 0.167. The van der Waals surface area contributed by atoms with E-state index in [9.17, 15) is 19.2 Å². The molecule has 1 aliphatic heterocycles. The second-order valence-corrected chi connectivity index (χ2v) is 4.88. The molecule has 0 saturated carbocycles.